The molecule has 0 radical (unpaired) electrons. The van der Waals surface area contributed by atoms with Gasteiger partial charge in [0.25, 0.3) is 0 Å². The average Bonchev–Trinajstić information content (AvgIpc) is 3.19. The summed E-state index contributed by atoms with van der Waals surface area (Å²) in [7, 11) is 9.53. The number of hydrogen-bond acceptors (Lipinski definition) is 2. The van der Waals surface area contributed by atoms with Gasteiger partial charge in [-0.2, -0.15) is 0 Å². The molecule has 1 aromatic heterocycles. The van der Waals surface area contributed by atoms with E-state index in [1.807, 2.05) is 0 Å². The summed E-state index contributed by atoms with van der Waals surface area (Å²) in [5, 5.41) is 0. The van der Waals surface area contributed by atoms with Gasteiger partial charge in [0.1, 0.15) is 11.4 Å². The number of halogens is 6. The van der Waals surface area contributed by atoms with Crippen LogP contribution in [-0.4, -0.2) is 11.4 Å². The van der Waals surface area contributed by atoms with Crippen LogP contribution in [0.15, 0.2) is 58.5 Å². The van der Waals surface area contributed by atoms with Gasteiger partial charge < -0.3 is 4.98 Å². The fourth-order valence-corrected chi connectivity index (χ4v) is 2.41. The Bertz CT molecular complexity index is 961. The Balaban J connectivity index is 0.00000101. The van der Waals surface area contributed by atoms with Crippen LogP contribution in [0.4, 0.5) is 28.9 Å². The molecule has 0 amide bonds. The second-order valence-corrected chi connectivity index (χ2v) is 7.62. The van der Waals surface area contributed by atoms with Gasteiger partial charge >= 0.3 is 33.3 Å². The maximum absolute atomic E-state index is 13.7. The molecule has 30 heavy (non-hydrogen) atoms. The van der Waals surface area contributed by atoms with Crippen molar-refractivity contribution < 1.29 is 30.7 Å². The van der Waals surface area contributed by atoms with E-state index in [4.69, 9.17) is 20.2 Å². The van der Waals surface area contributed by atoms with Gasteiger partial charge in [0.15, 0.2) is 23.3 Å². The van der Waals surface area contributed by atoms with Gasteiger partial charge in [0.2, 0.25) is 0 Å². The molecule has 0 aliphatic carbocycles. The minimum absolute atomic E-state index is 0.194. The molecule has 2 aromatic carbocycles. The molecule has 3 rings (SSSR count). The number of hydrogen-bond donors (Lipinski definition) is 0. The van der Waals surface area contributed by atoms with Crippen LogP contribution in [0.25, 0.3) is 0 Å². The van der Waals surface area contributed by atoms with E-state index in [0.29, 0.717) is 11.4 Å². The van der Waals surface area contributed by atoms with Crippen molar-refractivity contribution in [2.45, 2.75) is 13.8 Å². The third-order valence-electron chi connectivity index (χ3n) is 3.82. The van der Waals surface area contributed by atoms with Gasteiger partial charge in [-0.1, -0.05) is 24.3 Å². The topological polar surface area (TPSA) is 38.8 Å². The Morgan fingerprint density at radius 1 is 0.700 bits per heavy atom. The molecular weight excluding hydrogens is 485 g/mol. The maximum atomic E-state index is 13.7. The van der Waals surface area contributed by atoms with Gasteiger partial charge in [0, 0.05) is 11.4 Å². The quantitative estimate of drug-likeness (QED) is 0.220. The van der Waals surface area contributed by atoms with E-state index in [2.05, 4.69) is 15.0 Å². The number of benzene rings is 2. The molecule has 159 valence electrons. The number of para-hydroxylation sites is 2. The van der Waals surface area contributed by atoms with E-state index >= 15 is 0 Å². The molecule has 0 fully saturated rings. The van der Waals surface area contributed by atoms with E-state index in [1.54, 1.807) is 26.0 Å². The monoisotopic (exact) mass is 498 g/mol. The molecule has 0 spiro atoms. The van der Waals surface area contributed by atoms with Crippen molar-refractivity contribution in [3.8, 4) is 0 Å². The molecule has 0 atom stereocenters. The Labute approximate surface area is 185 Å². The number of aliphatic imine (C=N–C) groups is 2. The standard InChI is InChI=1S/C20H14F4N3.2ClH.Fe/c1-11(25-19-13(21)5-3-6-14(19)22)17-9-10-18(27-17)12(2)26-20-15(23)7-4-8-16(20)24;;;/h3-10H,1-2H3;2*1H;/q-1;;;+3/p-2. The fourth-order valence-electron chi connectivity index (χ4n) is 2.41. The molecule has 3 aromatic rings. The first-order chi connectivity index (χ1) is 14.3. The summed E-state index contributed by atoms with van der Waals surface area (Å²) in [6, 6.07) is 10.1. The van der Waals surface area contributed by atoms with Crippen molar-refractivity contribution in [3.63, 3.8) is 0 Å². The zero-order valence-corrected chi connectivity index (χ0v) is 18.2. The van der Waals surface area contributed by atoms with Crippen molar-refractivity contribution in [1.82, 2.24) is 4.98 Å². The first-order valence-electron chi connectivity index (χ1n) is 8.26. The fraction of sp³-hybridized carbons (Fsp3) is 0.100. The summed E-state index contributed by atoms with van der Waals surface area (Å²) in [6.07, 6.45) is 0. The van der Waals surface area contributed by atoms with Crippen LogP contribution in [0.3, 0.4) is 0 Å². The van der Waals surface area contributed by atoms with E-state index in [9.17, 15) is 17.6 Å². The van der Waals surface area contributed by atoms with Gasteiger partial charge in [0.05, 0.1) is 0 Å². The second kappa shape index (κ2) is 11.3. The Morgan fingerprint density at radius 3 is 1.30 bits per heavy atom. The van der Waals surface area contributed by atoms with Crippen molar-refractivity contribution in [2.24, 2.45) is 9.98 Å². The Hall–Kier alpha value is -2.12. The zero-order chi connectivity index (χ0) is 22.3. The molecule has 0 unspecified atom stereocenters. The van der Waals surface area contributed by atoms with Crippen molar-refractivity contribution >= 4 is 43.0 Å². The van der Waals surface area contributed by atoms with Crippen molar-refractivity contribution in [3.05, 3.63) is 83.2 Å². The molecule has 0 bridgehead atoms. The molecule has 1 heterocycles. The minimum atomic E-state index is -0.783. The molecule has 0 saturated carbocycles. The first kappa shape index (κ1) is 24.2. The Kier molecular flexibility index (Phi) is 9.11. The van der Waals surface area contributed by atoms with E-state index in [-0.39, 0.29) is 24.6 Å². The summed E-state index contributed by atoms with van der Waals surface area (Å²) in [5.41, 5.74) is 0.509. The molecule has 0 aliphatic rings. The van der Waals surface area contributed by atoms with Gasteiger partial charge in [-0.25, -0.2) is 27.5 Å². The summed E-state index contributed by atoms with van der Waals surface area (Å²) in [4.78, 5) is 12.2. The van der Waals surface area contributed by atoms with E-state index in [0.717, 1.165) is 24.3 Å². The van der Waals surface area contributed by atoms with Gasteiger partial charge in [-0.3, -0.25) is 0 Å². The van der Waals surface area contributed by atoms with Crippen molar-refractivity contribution in [1.29, 1.82) is 0 Å². The van der Waals surface area contributed by atoms with Crippen molar-refractivity contribution in [2.75, 3.05) is 0 Å². The molecule has 10 heteroatoms. The predicted octanol–water partition coefficient (Wildman–Crippen LogP) is 6.86. The average molecular weight is 499 g/mol. The van der Waals surface area contributed by atoms with Crippen LogP contribution >= 0.6 is 20.2 Å². The van der Waals surface area contributed by atoms with Crippen LogP contribution in [-0.2, 0) is 13.1 Å². The summed E-state index contributed by atoms with van der Waals surface area (Å²) in [6.45, 7) is 3.11. The number of rotatable bonds is 4. The second-order valence-electron chi connectivity index (χ2n) is 5.80. The molecule has 3 nitrogen and oxygen atoms in total. The molecule has 0 saturated heterocycles. The first-order valence-corrected chi connectivity index (χ1v) is 11.3. The van der Waals surface area contributed by atoms with Gasteiger partial charge in [-0.15, -0.1) is 11.4 Å². The molecular formula is C20H14Cl2F4FeN3. The molecule has 0 aliphatic heterocycles. The van der Waals surface area contributed by atoms with E-state index < -0.39 is 34.6 Å². The molecule has 0 N–H and O–H groups in total. The third kappa shape index (κ3) is 6.19. The van der Waals surface area contributed by atoms with Gasteiger partial charge in [-0.05, 0) is 38.1 Å². The summed E-state index contributed by atoms with van der Waals surface area (Å²) in [5.74, 6) is -3.13. The van der Waals surface area contributed by atoms with Crippen LogP contribution in [0.5, 0.6) is 0 Å². The Morgan fingerprint density at radius 2 is 1.00 bits per heavy atom. The third-order valence-corrected chi connectivity index (χ3v) is 3.82. The summed E-state index contributed by atoms with van der Waals surface area (Å²) < 4.78 is 54.9. The normalized spacial score (nSPS) is 11.9. The number of nitrogens with zero attached hydrogens (tertiary/aromatic N) is 3. The summed E-state index contributed by atoms with van der Waals surface area (Å²) >= 11 is 0.194. The predicted molar refractivity (Wildman–Crippen MR) is 108 cm³/mol. The van der Waals surface area contributed by atoms with Crippen LogP contribution < -0.4 is 4.98 Å². The van der Waals surface area contributed by atoms with Crippen LogP contribution in [0, 0.1) is 23.3 Å². The number of aromatic nitrogens is 1. The zero-order valence-electron chi connectivity index (χ0n) is 15.6. The van der Waals surface area contributed by atoms with Crippen LogP contribution in [0.2, 0.25) is 0 Å². The van der Waals surface area contributed by atoms with Crippen LogP contribution in [0.1, 0.15) is 25.2 Å². The SMILES string of the molecule is CC(=Nc1c(F)cccc1F)c1ccc(C(C)=Nc2c(F)cccc2F)[n-]1.[Cl][Fe+][Cl]. The van der Waals surface area contributed by atoms with E-state index in [1.165, 1.54) is 12.1 Å².